The molecule has 0 radical (unpaired) electrons. The number of rotatable bonds is 4. The molecule has 0 bridgehead atoms. The number of fused-ring (bicyclic) bond motifs is 3. The zero-order chi connectivity index (χ0) is 17.4. The van der Waals surface area contributed by atoms with Crippen LogP contribution in [0.2, 0.25) is 0 Å². The van der Waals surface area contributed by atoms with E-state index in [-0.39, 0.29) is 11.7 Å². The Morgan fingerprint density at radius 1 is 1.20 bits per heavy atom. The lowest BCUT2D eigenvalue weighted by Crippen LogP contribution is -2.34. The monoisotopic (exact) mass is 340 g/mol. The highest BCUT2D eigenvalue weighted by atomic mass is 19.1. The lowest BCUT2D eigenvalue weighted by atomic mass is 9.96. The Morgan fingerprint density at radius 3 is 2.80 bits per heavy atom. The van der Waals surface area contributed by atoms with Gasteiger partial charge in [0, 0.05) is 43.2 Å². The summed E-state index contributed by atoms with van der Waals surface area (Å²) >= 11 is 0. The van der Waals surface area contributed by atoms with Crippen LogP contribution < -0.4 is 5.32 Å². The Kier molecular flexibility index (Phi) is 4.17. The molecule has 2 N–H and O–H groups in total. The third-order valence-electron chi connectivity index (χ3n) is 5.36. The fourth-order valence-corrected chi connectivity index (χ4v) is 4.20. The Bertz CT molecular complexity index is 791. The highest BCUT2D eigenvalue weighted by molar-refractivity contribution is 5.94. The topological polar surface area (TPSA) is 52.6 Å². The van der Waals surface area contributed by atoms with Crippen LogP contribution in [0.1, 0.15) is 27.4 Å². The molecule has 25 heavy (non-hydrogen) atoms. The van der Waals surface area contributed by atoms with Crippen molar-refractivity contribution in [3.8, 4) is 5.75 Å². The van der Waals surface area contributed by atoms with Crippen molar-refractivity contribution in [1.82, 2.24) is 10.2 Å². The standard InChI is InChI=1S/C20H21FN2O2/c21-16-6-4-13(5-7-16)20(25)22-8-9-23-11-15-10-14-2-1-3-18(24)19(14)17(15)12-23/h1-7,15,17,24H,8-12H2,(H,22,25). The average molecular weight is 340 g/mol. The fraction of sp³-hybridized carbons (Fsp3) is 0.350. The second-order valence-electron chi connectivity index (χ2n) is 6.94. The Morgan fingerprint density at radius 2 is 2.00 bits per heavy atom. The highest BCUT2D eigenvalue weighted by Gasteiger charge is 2.40. The minimum atomic E-state index is -0.344. The summed E-state index contributed by atoms with van der Waals surface area (Å²) in [5, 5.41) is 13.0. The molecule has 2 atom stereocenters. The van der Waals surface area contributed by atoms with Crippen molar-refractivity contribution in [2.75, 3.05) is 26.2 Å². The highest BCUT2D eigenvalue weighted by Crippen LogP contribution is 2.46. The fourth-order valence-electron chi connectivity index (χ4n) is 4.20. The van der Waals surface area contributed by atoms with Gasteiger partial charge < -0.3 is 15.3 Å². The molecule has 0 spiro atoms. The second kappa shape index (κ2) is 6.48. The van der Waals surface area contributed by atoms with Gasteiger partial charge in [0.2, 0.25) is 0 Å². The molecule has 0 saturated carbocycles. The molecule has 1 heterocycles. The number of aromatic hydroxyl groups is 1. The lowest BCUT2D eigenvalue weighted by molar-refractivity contribution is 0.0949. The van der Waals surface area contributed by atoms with Gasteiger partial charge in [-0.3, -0.25) is 4.79 Å². The number of amides is 1. The van der Waals surface area contributed by atoms with Crippen LogP contribution >= 0.6 is 0 Å². The van der Waals surface area contributed by atoms with Gasteiger partial charge in [-0.2, -0.15) is 0 Å². The first-order valence-electron chi connectivity index (χ1n) is 8.68. The van der Waals surface area contributed by atoms with Crippen LogP contribution in [0.15, 0.2) is 42.5 Å². The minimum absolute atomic E-state index is 0.178. The van der Waals surface area contributed by atoms with Gasteiger partial charge in [0.25, 0.3) is 5.91 Å². The number of phenols is 1. The van der Waals surface area contributed by atoms with Gasteiger partial charge in [0.1, 0.15) is 11.6 Å². The first kappa shape index (κ1) is 16.1. The lowest BCUT2D eigenvalue weighted by Gasteiger charge is -2.18. The van der Waals surface area contributed by atoms with Crippen LogP contribution in [0.25, 0.3) is 0 Å². The van der Waals surface area contributed by atoms with Gasteiger partial charge in [-0.25, -0.2) is 4.39 Å². The molecule has 5 heteroatoms. The van der Waals surface area contributed by atoms with E-state index >= 15 is 0 Å². The van der Waals surface area contributed by atoms with Gasteiger partial charge in [0.05, 0.1) is 0 Å². The Balaban J connectivity index is 1.30. The number of hydrogen-bond donors (Lipinski definition) is 2. The molecule has 2 aromatic carbocycles. The van der Waals surface area contributed by atoms with E-state index in [0.717, 1.165) is 31.6 Å². The van der Waals surface area contributed by atoms with Crippen molar-refractivity contribution >= 4 is 5.91 Å². The predicted octanol–water partition coefficient (Wildman–Crippen LogP) is 2.53. The largest absolute Gasteiger partial charge is 0.508 e. The van der Waals surface area contributed by atoms with Crippen LogP contribution in [0.5, 0.6) is 5.75 Å². The summed E-state index contributed by atoms with van der Waals surface area (Å²) in [5.74, 6) is 0.836. The van der Waals surface area contributed by atoms with Gasteiger partial charge in [0.15, 0.2) is 0 Å². The van der Waals surface area contributed by atoms with Gasteiger partial charge in [-0.15, -0.1) is 0 Å². The van der Waals surface area contributed by atoms with Crippen LogP contribution in [0.3, 0.4) is 0 Å². The molecule has 0 aromatic heterocycles. The number of carbonyl (C=O) groups excluding carboxylic acids is 1. The van der Waals surface area contributed by atoms with Crippen molar-refractivity contribution in [1.29, 1.82) is 0 Å². The predicted molar refractivity (Wildman–Crippen MR) is 93.2 cm³/mol. The number of hydrogen-bond acceptors (Lipinski definition) is 3. The van der Waals surface area contributed by atoms with Crippen LogP contribution in [0, 0.1) is 11.7 Å². The molecular formula is C20H21FN2O2. The maximum Gasteiger partial charge on any atom is 0.251 e. The Labute approximate surface area is 146 Å². The van der Waals surface area contributed by atoms with E-state index in [1.807, 2.05) is 6.07 Å². The third kappa shape index (κ3) is 3.12. The number of carbonyl (C=O) groups is 1. The number of likely N-dealkylation sites (tertiary alicyclic amines) is 1. The smallest absolute Gasteiger partial charge is 0.251 e. The number of halogens is 1. The van der Waals surface area contributed by atoms with Gasteiger partial charge in [-0.05, 0) is 48.2 Å². The van der Waals surface area contributed by atoms with Crippen molar-refractivity contribution < 1.29 is 14.3 Å². The van der Waals surface area contributed by atoms with Crippen molar-refractivity contribution in [2.24, 2.45) is 5.92 Å². The van der Waals surface area contributed by atoms with E-state index in [9.17, 15) is 14.3 Å². The van der Waals surface area contributed by atoms with Crippen LogP contribution in [-0.2, 0) is 6.42 Å². The summed E-state index contributed by atoms with van der Waals surface area (Å²) in [7, 11) is 0. The summed E-state index contributed by atoms with van der Waals surface area (Å²) in [4.78, 5) is 14.4. The molecule has 2 aliphatic rings. The van der Waals surface area contributed by atoms with Crippen molar-refractivity contribution in [3.05, 3.63) is 65.0 Å². The zero-order valence-corrected chi connectivity index (χ0v) is 13.9. The third-order valence-corrected chi connectivity index (χ3v) is 5.36. The second-order valence-corrected chi connectivity index (χ2v) is 6.94. The quantitative estimate of drug-likeness (QED) is 0.899. The van der Waals surface area contributed by atoms with E-state index in [2.05, 4.69) is 16.3 Å². The van der Waals surface area contributed by atoms with Crippen LogP contribution in [0.4, 0.5) is 4.39 Å². The number of nitrogens with one attached hydrogen (secondary N) is 1. The normalized spacial score (nSPS) is 21.8. The number of nitrogens with zero attached hydrogens (tertiary/aromatic N) is 1. The molecule has 1 amide bonds. The van der Waals surface area contributed by atoms with Crippen LogP contribution in [-0.4, -0.2) is 42.1 Å². The first-order chi connectivity index (χ1) is 12.1. The van der Waals surface area contributed by atoms with E-state index in [0.29, 0.717) is 29.7 Å². The van der Waals surface area contributed by atoms with E-state index in [4.69, 9.17) is 0 Å². The molecular weight excluding hydrogens is 319 g/mol. The van der Waals surface area contributed by atoms with Gasteiger partial charge in [-0.1, -0.05) is 12.1 Å². The van der Waals surface area contributed by atoms with Crippen molar-refractivity contribution in [3.63, 3.8) is 0 Å². The van der Waals surface area contributed by atoms with E-state index in [1.165, 1.54) is 29.8 Å². The molecule has 1 aliphatic heterocycles. The molecule has 2 unspecified atom stereocenters. The number of benzene rings is 2. The summed E-state index contributed by atoms with van der Waals surface area (Å²) < 4.78 is 12.9. The molecule has 2 aromatic rings. The first-order valence-corrected chi connectivity index (χ1v) is 8.68. The maximum atomic E-state index is 12.9. The molecule has 1 aliphatic carbocycles. The summed E-state index contributed by atoms with van der Waals surface area (Å²) in [6, 6.07) is 11.4. The summed E-state index contributed by atoms with van der Waals surface area (Å²) in [6.45, 7) is 3.25. The minimum Gasteiger partial charge on any atom is -0.508 e. The molecule has 130 valence electrons. The SMILES string of the molecule is O=C(NCCN1CC2Cc3cccc(O)c3C2C1)c1ccc(F)cc1. The molecule has 1 fully saturated rings. The van der Waals surface area contributed by atoms with E-state index in [1.54, 1.807) is 6.07 Å². The summed E-state index contributed by atoms with van der Waals surface area (Å²) in [5.41, 5.74) is 2.86. The zero-order valence-electron chi connectivity index (χ0n) is 13.9. The maximum absolute atomic E-state index is 12.9. The van der Waals surface area contributed by atoms with E-state index < -0.39 is 0 Å². The molecule has 4 nitrogen and oxygen atoms in total. The summed E-state index contributed by atoms with van der Waals surface area (Å²) in [6.07, 6.45) is 1.02. The van der Waals surface area contributed by atoms with Crippen molar-refractivity contribution in [2.45, 2.75) is 12.3 Å². The molecule has 1 saturated heterocycles. The van der Waals surface area contributed by atoms with Gasteiger partial charge >= 0.3 is 0 Å². The number of phenolic OH excluding ortho intramolecular Hbond substituents is 1. The Hall–Kier alpha value is -2.40. The average Bonchev–Trinajstić information content (AvgIpc) is 3.12. The molecule has 4 rings (SSSR count).